The van der Waals surface area contributed by atoms with Crippen LogP contribution in [0.2, 0.25) is 0 Å². The summed E-state index contributed by atoms with van der Waals surface area (Å²) in [5, 5.41) is 4.42. The summed E-state index contributed by atoms with van der Waals surface area (Å²) in [6.07, 6.45) is -4.48. The molecule has 0 spiro atoms. The van der Waals surface area contributed by atoms with Crippen molar-refractivity contribution in [3.8, 4) is 0 Å². The third-order valence-electron chi connectivity index (χ3n) is 4.34. The zero-order valence-corrected chi connectivity index (χ0v) is 14.9. The van der Waals surface area contributed by atoms with Crippen LogP contribution in [-0.4, -0.2) is 48.6 Å². The Morgan fingerprint density at radius 2 is 1.81 bits per heavy atom. The molecule has 0 bridgehead atoms. The number of hydrogen-bond donors (Lipinski definition) is 2. The monoisotopic (exact) mass is 386 g/mol. The molecule has 9 heteroatoms. The Bertz CT molecular complexity index is 702. The number of amides is 2. The predicted molar refractivity (Wildman–Crippen MR) is 89.7 cm³/mol. The van der Waals surface area contributed by atoms with E-state index in [9.17, 15) is 27.6 Å². The molecular weight excluding hydrogens is 365 g/mol. The fourth-order valence-electron chi connectivity index (χ4n) is 2.39. The molecule has 6 nitrogen and oxygen atoms in total. The molecule has 1 saturated heterocycles. The van der Waals surface area contributed by atoms with E-state index in [2.05, 4.69) is 5.32 Å². The molecule has 0 aliphatic carbocycles. The molecule has 0 radical (unpaired) electrons. The Labute approximate surface area is 154 Å². The average Bonchev–Trinajstić information content (AvgIpc) is 3.36. The van der Waals surface area contributed by atoms with Crippen LogP contribution in [0.1, 0.15) is 19.4 Å². The maximum absolute atomic E-state index is 12.6. The number of nitrogens with one attached hydrogen (secondary N) is 2. The molecular formula is C18H21F3N2O4. The smallest absolute Gasteiger partial charge is 0.361 e. The Hall–Kier alpha value is -2.42. The van der Waals surface area contributed by atoms with E-state index in [1.54, 1.807) is 31.2 Å². The average molecular weight is 386 g/mol. The molecule has 1 aliphatic rings. The van der Waals surface area contributed by atoms with E-state index >= 15 is 0 Å². The standard InChI is InChI=1S/C18H21F3N2O4/c1-11(18(19,20)21)16(26)22-9-14(24)23-13(15(25)17(2)10-27-17)8-12-6-4-3-5-7-12/h3-7,11,13H,8-10H2,1-2H3,(H,22,26)(H,23,24)/t11?,13?,17-/m1/s1. The van der Waals surface area contributed by atoms with Crippen LogP contribution in [0.3, 0.4) is 0 Å². The van der Waals surface area contributed by atoms with Gasteiger partial charge in [-0.05, 0) is 25.8 Å². The maximum atomic E-state index is 12.6. The first-order valence-electron chi connectivity index (χ1n) is 8.39. The van der Waals surface area contributed by atoms with E-state index in [0.29, 0.717) is 6.92 Å². The highest BCUT2D eigenvalue weighted by Gasteiger charge is 2.50. The van der Waals surface area contributed by atoms with Gasteiger partial charge in [-0.1, -0.05) is 30.3 Å². The summed E-state index contributed by atoms with van der Waals surface area (Å²) >= 11 is 0. The van der Waals surface area contributed by atoms with Crippen LogP contribution in [0.15, 0.2) is 30.3 Å². The van der Waals surface area contributed by atoms with E-state index in [1.807, 2.05) is 11.4 Å². The van der Waals surface area contributed by atoms with Gasteiger partial charge in [-0.25, -0.2) is 0 Å². The summed E-state index contributed by atoms with van der Waals surface area (Å²) in [5.74, 6) is -4.61. The third-order valence-corrected chi connectivity index (χ3v) is 4.34. The molecule has 2 amide bonds. The lowest BCUT2D eigenvalue weighted by molar-refractivity contribution is -0.179. The predicted octanol–water partition coefficient (Wildman–Crippen LogP) is 1.39. The van der Waals surface area contributed by atoms with E-state index in [0.717, 1.165) is 5.56 Å². The fourth-order valence-corrected chi connectivity index (χ4v) is 2.39. The Morgan fingerprint density at radius 1 is 1.22 bits per heavy atom. The van der Waals surface area contributed by atoms with Gasteiger partial charge in [-0.2, -0.15) is 13.2 Å². The van der Waals surface area contributed by atoms with Crippen LogP contribution in [0.25, 0.3) is 0 Å². The molecule has 2 rings (SSSR count). The summed E-state index contributed by atoms with van der Waals surface area (Å²) in [6.45, 7) is 1.90. The lowest BCUT2D eigenvalue weighted by Gasteiger charge is -2.20. The largest absolute Gasteiger partial charge is 0.400 e. The lowest BCUT2D eigenvalue weighted by Crippen LogP contribution is -2.50. The summed E-state index contributed by atoms with van der Waals surface area (Å²) < 4.78 is 42.6. The van der Waals surface area contributed by atoms with Gasteiger partial charge < -0.3 is 15.4 Å². The van der Waals surface area contributed by atoms with E-state index < -0.39 is 42.1 Å². The van der Waals surface area contributed by atoms with Crippen molar-refractivity contribution in [3.63, 3.8) is 0 Å². The number of alkyl halides is 3. The number of carbonyl (C=O) groups excluding carboxylic acids is 3. The minimum Gasteiger partial charge on any atom is -0.361 e. The Balaban J connectivity index is 1.97. The zero-order valence-electron chi connectivity index (χ0n) is 14.9. The van der Waals surface area contributed by atoms with Crippen LogP contribution in [0, 0.1) is 5.92 Å². The SMILES string of the molecule is CC(C(=O)NCC(=O)NC(Cc1ccccc1)C(=O)[C@@]1(C)CO1)C(F)(F)F. The van der Waals surface area contributed by atoms with Crippen LogP contribution in [0.4, 0.5) is 13.2 Å². The Morgan fingerprint density at radius 3 is 2.33 bits per heavy atom. The molecule has 0 aromatic heterocycles. The number of Topliss-reactive ketones (excluding diaryl/α,β-unsaturated/α-hetero) is 1. The van der Waals surface area contributed by atoms with Crippen molar-refractivity contribution in [3.05, 3.63) is 35.9 Å². The van der Waals surface area contributed by atoms with Gasteiger partial charge in [0.15, 0.2) is 5.78 Å². The van der Waals surface area contributed by atoms with Crippen molar-refractivity contribution in [2.75, 3.05) is 13.2 Å². The highest BCUT2D eigenvalue weighted by atomic mass is 19.4. The van der Waals surface area contributed by atoms with Crippen LogP contribution in [0.5, 0.6) is 0 Å². The lowest BCUT2D eigenvalue weighted by atomic mass is 9.95. The number of ketones is 1. The second kappa shape index (κ2) is 8.08. The van der Waals surface area contributed by atoms with Gasteiger partial charge in [0, 0.05) is 0 Å². The van der Waals surface area contributed by atoms with Gasteiger partial charge in [0.2, 0.25) is 11.8 Å². The molecule has 2 N–H and O–H groups in total. The van der Waals surface area contributed by atoms with Crippen molar-refractivity contribution in [2.45, 2.75) is 38.1 Å². The number of halogens is 3. The minimum absolute atomic E-state index is 0.206. The molecule has 1 heterocycles. The van der Waals surface area contributed by atoms with Gasteiger partial charge >= 0.3 is 6.18 Å². The summed E-state index contributed by atoms with van der Waals surface area (Å²) in [5.41, 5.74) is -0.170. The normalized spacial score (nSPS) is 21.1. The number of ether oxygens (including phenoxy) is 1. The number of carbonyl (C=O) groups is 3. The molecule has 1 aliphatic heterocycles. The molecule has 1 fully saturated rings. The molecule has 2 unspecified atom stereocenters. The summed E-state index contributed by atoms with van der Waals surface area (Å²) in [6, 6.07) is 8.04. The highest BCUT2D eigenvalue weighted by Crippen LogP contribution is 2.29. The molecule has 0 saturated carbocycles. The number of rotatable bonds is 8. The van der Waals surface area contributed by atoms with E-state index in [1.165, 1.54) is 0 Å². The van der Waals surface area contributed by atoms with E-state index in [-0.39, 0.29) is 18.8 Å². The topological polar surface area (TPSA) is 87.8 Å². The second-order valence-corrected chi connectivity index (χ2v) is 6.67. The van der Waals surface area contributed by atoms with Crippen molar-refractivity contribution >= 4 is 17.6 Å². The summed E-state index contributed by atoms with van der Waals surface area (Å²) in [4.78, 5) is 36.1. The molecule has 1 aromatic rings. The second-order valence-electron chi connectivity index (χ2n) is 6.67. The zero-order chi connectivity index (χ0) is 20.2. The molecule has 27 heavy (non-hydrogen) atoms. The Kier molecular flexibility index (Phi) is 6.25. The van der Waals surface area contributed by atoms with E-state index in [4.69, 9.17) is 4.74 Å². The van der Waals surface area contributed by atoms with Gasteiger partial charge in [0.1, 0.15) is 11.5 Å². The first kappa shape index (κ1) is 20.9. The third kappa shape index (κ3) is 5.78. The number of hydrogen-bond acceptors (Lipinski definition) is 4. The molecule has 1 aromatic carbocycles. The van der Waals surface area contributed by atoms with Gasteiger partial charge in [-0.15, -0.1) is 0 Å². The van der Waals surface area contributed by atoms with Gasteiger partial charge in [-0.3, -0.25) is 14.4 Å². The van der Waals surface area contributed by atoms with Crippen molar-refractivity contribution < 1.29 is 32.3 Å². The van der Waals surface area contributed by atoms with Crippen LogP contribution in [-0.2, 0) is 25.5 Å². The van der Waals surface area contributed by atoms with Gasteiger partial charge in [0.05, 0.1) is 19.2 Å². The van der Waals surface area contributed by atoms with Crippen LogP contribution < -0.4 is 10.6 Å². The first-order chi connectivity index (χ1) is 12.5. The minimum atomic E-state index is -4.69. The molecule has 3 atom stereocenters. The van der Waals surface area contributed by atoms with Crippen molar-refractivity contribution in [1.82, 2.24) is 10.6 Å². The number of benzene rings is 1. The first-order valence-corrected chi connectivity index (χ1v) is 8.39. The maximum Gasteiger partial charge on any atom is 0.400 e. The van der Waals surface area contributed by atoms with Crippen molar-refractivity contribution in [1.29, 1.82) is 0 Å². The fraction of sp³-hybridized carbons (Fsp3) is 0.500. The van der Waals surface area contributed by atoms with Crippen LogP contribution >= 0.6 is 0 Å². The van der Waals surface area contributed by atoms with Crippen molar-refractivity contribution in [2.24, 2.45) is 5.92 Å². The quantitative estimate of drug-likeness (QED) is 0.661. The number of epoxide rings is 1. The summed E-state index contributed by atoms with van der Waals surface area (Å²) in [7, 11) is 0. The van der Waals surface area contributed by atoms with Gasteiger partial charge in [0.25, 0.3) is 0 Å². The highest BCUT2D eigenvalue weighted by molar-refractivity contribution is 5.97. The molecule has 148 valence electrons.